The Morgan fingerprint density at radius 3 is 2.54 bits per heavy atom. The smallest absolute Gasteiger partial charge is 0.274 e. The van der Waals surface area contributed by atoms with Crippen molar-refractivity contribution in [3.05, 3.63) is 77.1 Å². The van der Waals surface area contributed by atoms with E-state index in [0.717, 1.165) is 60.2 Å². The second kappa shape index (κ2) is 8.74. The van der Waals surface area contributed by atoms with Gasteiger partial charge in [0.25, 0.3) is 5.91 Å². The summed E-state index contributed by atoms with van der Waals surface area (Å²) in [5.41, 5.74) is 10.4. The summed E-state index contributed by atoms with van der Waals surface area (Å²) < 4.78 is 15.2. The fourth-order valence-corrected chi connectivity index (χ4v) is 5.09. The van der Waals surface area contributed by atoms with Crippen LogP contribution in [0.3, 0.4) is 0 Å². The van der Waals surface area contributed by atoms with Crippen molar-refractivity contribution >= 4 is 22.6 Å². The van der Waals surface area contributed by atoms with E-state index in [2.05, 4.69) is 20.0 Å². The maximum atomic E-state index is 13.4. The number of piperazine rings is 1. The maximum absolute atomic E-state index is 13.4. The van der Waals surface area contributed by atoms with Crippen LogP contribution in [0.25, 0.3) is 16.6 Å². The molecule has 8 nitrogen and oxygen atoms in total. The number of fused-ring (bicyclic) bond motifs is 2. The van der Waals surface area contributed by atoms with Gasteiger partial charge in [-0.15, -0.1) is 0 Å². The third kappa shape index (κ3) is 4.01. The van der Waals surface area contributed by atoms with E-state index in [1.165, 1.54) is 12.1 Å². The molecule has 1 aliphatic carbocycles. The number of carbonyl (C=O) groups excluding carboxylic acids is 1. The highest BCUT2D eigenvalue weighted by Gasteiger charge is 2.31. The van der Waals surface area contributed by atoms with Gasteiger partial charge in [-0.3, -0.25) is 9.69 Å². The van der Waals surface area contributed by atoms with Gasteiger partial charge in [-0.25, -0.2) is 19.0 Å². The Hall–Kier alpha value is -3.85. The summed E-state index contributed by atoms with van der Waals surface area (Å²) in [6.07, 6.45) is 2.71. The maximum Gasteiger partial charge on any atom is 0.274 e. The average Bonchev–Trinajstić information content (AvgIpc) is 3.48. The summed E-state index contributed by atoms with van der Waals surface area (Å²) in [6, 6.07) is 14.0. The summed E-state index contributed by atoms with van der Waals surface area (Å²) in [5.74, 6) is 0.861. The Balaban J connectivity index is 1.16. The largest absolute Gasteiger partial charge is 0.383 e. The number of halogens is 1. The van der Waals surface area contributed by atoms with Gasteiger partial charge in [0, 0.05) is 42.8 Å². The molecule has 35 heavy (non-hydrogen) atoms. The van der Waals surface area contributed by atoms with Crippen molar-refractivity contribution in [1.82, 2.24) is 29.5 Å². The summed E-state index contributed by atoms with van der Waals surface area (Å²) in [6.45, 7) is 3.26. The minimum Gasteiger partial charge on any atom is -0.383 e. The Kier molecular flexibility index (Phi) is 5.41. The van der Waals surface area contributed by atoms with E-state index in [1.54, 1.807) is 12.1 Å². The number of nitrogens with zero attached hydrogens (tertiary/aromatic N) is 6. The molecule has 6 rings (SSSR count). The van der Waals surface area contributed by atoms with Crippen molar-refractivity contribution in [2.75, 3.05) is 31.9 Å². The highest BCUT2D eigenvalue weighted by Crippen LogP contribution is 2.29. The molecule has 1 amide bonds. The normalized spacial score (nSPS) is 16.1. The van der Waals surface area contributed by atoms with E-state index in [0.29, 0.717) is 37.0 Å². The number of rotatable bonds is 4. The van der Waals surface area contributed by atoms with E-state index in [-0.39, 0.29) is 11.7 Å². The molecule has 0 radical (unpaired) electrons. The first kappa shape index (κ1) is 21.7. The lowest BCUT2D eigenvalue weighted by Gasteiger charge is -2.34. The van der Waals surface area contributed by atoms with E-state index in [4.69, 9.17) is 5.73 Å². The summed E-state index contributed by atoms with van der Waals surface area (Å²) in [7, 11) is 0. The molecule has 178 valence electrons. The van der Waals surface area contributed by atoms with E-state index >= 15 is 0 Å². The van der Waals surface area contributed by atoms with Crippen molar-refractivity contribution in [1.29, 1.82) is 0 Å². The zero-order chi connectivity index (χ0) is 23.9. The predicted octanol–water partition coefficient (Wildman–Crippen LogP) is 2.98. The molecule has 9 heteroatoms. The number of para-hydroxylation sites is 1. The third-order valence-electron chi connectivity index (χ3n) is 6.91. The van der Waals surface area contributed by atoms with Gasteiger partial charge in [-0.2, -0.15) is 5.10 Å². The molecule has 0 unspecified atom stereocenters. The number of carbonyl (C=O) groups is 1. The number of nitrogens with two attached hydrogens (primary N) is 1. The molecular formula is C26H26FN7O. The Labute approximate surface area is 202 Å². The van der Waals surface area contributed by atoms with Gasteiger partial charge < -0.3 is 10.6 Å². The first-order valence-electron chi connectivity index (χ1n) is 12.0. The van der Waals surface area contributed by atoms with Gasteiger partial charge >= 0.3 is 0 Å². The molecule has 2 N–H and O–H groups in total. The molecule has 0 bridgehead atoms. The second-order valence-corrected chi connectivity index (χ2v) is 9.13. The van der Waals surface area contributed by atoms with E-state index in [1.807, 2.05) is 33.8 Å². The van der Waals surface area contributed by atoms with Crippen molar-refractivity contribution < 1.29 is 9.18 Å². The van der Waals surface area contributed by atoms with Crippen LogP contribution in [-0.4, -0.2) is 61.6 Å². The second-order valence-electron chi connectivity index (χ2n) is 9.13. The SMILES string of the molecule is Nc1nc(CN2CCN(C(=O)c3nn(-c4ccc(F)cc4)c4c3CCC4)CC2)nc2ccccc12. The zero-order valence-electron chi connectivity index (χ0n) is 19.3. The lowest BCUT2D eigenvalue weighted by Crippen LogP contribution is -2.48. The van der Waals surface area contributed by atoms with E-state index in [9.17, 15) is 9.18 Å². The number of amides is 1. The van der Waals surface area contributed by atoms with Crippen LogP contribution >= 0.6 is 0 Å². The lowest BCUT2D eigenvalue weighted by atomic mass is 10.1. The molecule has 2 aliphatic rings. The average molecular weight is 472 g/mol. The molecule has 1 fully saturated rings. The zero-order valence-corrected chi connectivity index (χ0v) is 19.3. The molecule has 2 aromatic heterocycles. The van der Waals surface area contributed by atoms with Crippen LogP contribution in [0, 0.1) is 5.82 Å². The molecule has 4 aromatic rings. The highest BCUT2D eigenvalue weighted by atomic mass is 19.1. The predicted molar refractivity (Wildman–Crippen MR) is 131 cm³/mol. The fraction of sp³-hybridized carbons (Fsp3) is 0.308. The fourth-order valence-electron chi connectivity index (χ4n) is 5.09. The van der Waals surface area contributed by atoms with E-state index < -0.39 is 0 Å². The highest BCUT2D eigenvalue weighted by molar-refractivity contribution is 5.94. The number of aromatic nitrogens is 4. The first-order chi connectivity index (χ1) is 17.1. The lowest BCUT2D eigenvalue weighted by molar-refractivity contribution is 0.0618. The molecule has 0 saturated carbocycles. The van der Waals surface area contributed by atoms with Crippen LogP contribution < -0.4 is 5.73 Å². The van der Waals surface area contributed by atoms with Crippen LogP contribution in [-0.2, 0) is 19.4 Å². The summed E-state index contributed by atoms with van der Waals surface area (Å²) in [5, 5.41) is 5.55. The molecular weight excluding hydrogens is 445 g/mol. The molecule has 3 heterocycles. The third-order valence-corrected chi connectivity index (χ3v) is 6.91. The minimum absolute atomic E-state index is 0.0325. The number of anilines is 1. The van der Waals surface area contributed by atoms with Gasteiger partial charge in [0.15, 0.2) is 5.69 Å². The van der Waals surface area contributed by atoms with Crippen LogP contribution in [0.2, 0.25) is 0 Å². The van der Waals surface area contributed by atoms with Crippen molar-refractivity contribution in [3.8, 4) is 5.69 Å². The van der Waals surface area contributed by atoms with Gasteiger partial charge in [0.2, 0.25) is 0 Å². The summed E-state index contributed by atoms with van der Waals surface area (Å²) >= 11 is 0. The first-order valence-corrected chi connectivity index (χ1v) is 12.0. The quantitative estimate of drug-likeness (QED) is 0.492. The van der Waals surface area contributed by atoms with Crippen molar-refractivity contribution in [2.45, 2.75) is 25.8 Å². The topological polar surface area (TPSA) is 93.2 Å². The standard InChI is InChI=1S/C26H26FN7O/c27-17-8-10-18(11-9-17)34-22-7-3-5-20(22)24(31-34)26(35)33-14-12-32(13-15-33)16-23-29-21-6-2-1-4-19(21)25(28)30-23/h1-2,4,6,8-11H,3,5,7,12-16H2,(H2,28,29,30). The van der Waals surface area contributed by atoms with Gasteiger partial charge in [-0.1, -0.05) is 12.1 Å². The number of hydrogen-bond acceptors (Lipinski definition) is 6. The van der Waals surface area contributed by atoms with Crippen LogP contribution in [0.4, 0.5) is 10.2 Å². The molecule has 1 saturated heterocycles. The van der Waals surface area contributed by atoms with Crippen LogP contribution in [0.1, 0.15) is 34.0 Å². The minimum atomic E-state index is -0.288. The number of hydrogen-bond donors (Lipinski definition) is 1. The molecule has 0 atom stereocenters. The van der Waals surface area contributed by atoms with Crippen LogP contribution in [0.5, 0.6) is 0 Å². The van der Waals surface area contributed by atoms with Crippen molar-refractivity contribution in [3.63, 3.8) is 0 Å². The monoisotopic (exact) mass is 471 g/mol. The Morgan fingerprint density at radius 2 is 1.74 bits per heavy atom. The van der Waals surface area contributed by atoms with Gasteiger partial charge in [-0.05, 0) is 55.7 Å². The Morgan fingerprint density at radius 1 is 0.971 bits per heavy atom. The van der Waals surface area contributed by atoms with Crippen molar-refractivity contribution in [2.24, 2.45) is 0 Å². The van der Waals surface area contributed by atoms with Crippen LogP contribution in [0.15, 0.2) is 48.5 Å². The molecule has 2 aromatic carbocycles. The number of benzene rings is 2. The van der Waals surface area contributed by atoms with Gasteiger partial charge in [0.05, 0.1) is 17.7 Å². The Bertz CT molecular complexity index is 1410. The molecule has 1 aliphatic heterocycles. The summed E-state index contributed by atoms with van der Waals surface area (Å²) in [4.78, 5) is 26.7. The van der Waals surface area contributed by atoms with Gasteiger partial charge in [0.1, 0.15) is 17.5 Å². The molecule has 0 spiro atoms. The number of nitrogen functional groups attached to an aromatic ring is 1.